The van der Waals surface area contributed by atoms with E-state index in [1.807, 2.05) is 6.07 Å². The number of hydrogen-bond acceptors (Lipinski definition) is 2. The van der Waals surface area contributed by atoms with E-state index in [-0.39, 0.29) is 11.3 Å². The average molecular weight is 204 g/mol. The molecule has 3 atom stereocenters. The first-order valence-corrected chi connectivity index (χ1v) is 5.73. The zero-order valence-electron chi connectivity index (χ0n) is 9.25. The topological polar surface area (TPSA) is 30.2 Å². The van der Waals surface area contributed by atoms with Crippen LogP contribution in [0, 0.1) is 17.3 Å². The summed E-state index contributed by atoms with van der Waals surface area (Å²) in [4.78, 5) is 12.3. The van der Waals surface area contributed by atoms with Gasteiger partial charge in [0.1, 0.15) is 5.76 Å². The summed E-state index contributed by atoms with van der Waals surface area (Å²) < 4.78 is 5.43. The van der Waals surface area contributed by atoms with Crippen molar-refractivity contribution in [3.05, 3.63) is 23.7 Å². The van der Waals surface area contributed by atoms with E-state index >= 15 is 0 Å². The van der Waals surface area contributed by atoms with E-state index in [4.69, 9.17) is 4.42 Å². The van der Waals surface area contributed by atoms with Gasteiger partial charge in [0.25, 0.3) is 0 Å². The maximum Gasteiger partial charge on any atom is 0.170 e. The Morgan fingerprint density at radius 1 is 1.47 bits per heavy atom. The van der Waals surface area contributed by atoms with Crippen LogP contribution in [0.4, 0.5) is 0 Å². The van der Waals surface area contributed by atoms with Crippen molar-refractivity contribution < 1.29 is 9.21 Å². The third kappa shape index (κ3) is 1.02. The second-order valence-electron chi connectivity index (χ2n) is 5.34. The van der Waals surface area contributed by atoms with Crippen molar-refractivity contribution in [1.29, 1.82) is 0 Å². The molecule has 1 fully saturated rings. The molecule has 0 bridgehead atoms. The lowest BCUT2D eigenvalue weighted by Gasteiger charge is -2.37. The van der Waals surface area contributed by atoms with Gasteiger partial charge in [-0.25, -0.2) is 0 Å². The molecule has 2 heteroatoms. The number of hydrogen-bond donors (Lipinski definition) is 0. The van der Waals surface area contributed by atoms with Gasteiger partial charge in [0.15, 0.2) is 5.78 Å². The standard InChI is InChI=1S/C13H16O2/c1-8-3-4-10-12(14)9-5-6-15-11(9)7-13(8,10)2/h5-6,8,10H,3-4,7H2,1-2H3/t8-,10+,13+/m1/s1. The van der Waals surface area contributed by atoms with Crippen LogP contribution in [0.3, 0.4) is 0 Å². The van der Waals surface area contributed by atoms with Crippen molar-refractivity contribution in [2.75, 3.05) is 0 Å². The summed E-state index contributed by atoms with van der Waals surface area (Å²) in [5.74, 6) is 2.09. The summed E-state index contributed by atoms with van der Waals surface area (Å²) >= 11 is 0. The fourth-order valence-corrected chi connectivity index (χ4v) is 3.38. The molecule has 15 heavy (non-hydrogen) atoms. The third-order valence-corrected chi connectivity index (χ3v) is 4.68. The normalized spacial score (nSPS) is 38.9. The quantitative estimate of drug-likeness (QED) is 0.650. The van der Waals surface area contributed by atoms with E-state index in [1.165, 1.54) is 6.42 Å². The Balaban J connectivity index is 2.12. The number of Topliss-reactive ketones (excluding diaryl/α,β-unsaturated/α-hetero) is 1. The SMILES string of the molecule is C[C@@H]1CC[C@H]2C(=O)c3ccoc3C[C@@]12C. The van der Waals surface area contributed by atoms with Gasteiger partial charge < -0.3 is 4.42 Å². The maximum absolute atomic E-state index is 12.3. The molecular formula is C13H16O2. The van der Waals surface area contributed by atoms with Crippen molar-refractivity contribution in [2.24, 2.45) is 17.3 Å². The Hall–Kier alpha value is -1.05. The van der Waals surface area contributed by atoms with Crippen molar-refractivity contribution in [2.45, 2.75) is 33.1 Å². The first kappa shape index (κ1) is 9.20. The molecule has 1 heterocycles. The summed E-state index contributed by atoms with van der Waals surface area (Å²) in [5.41, 5.74) is 0.980. The Morgan fingerprint density at radius 2 is 2.27 bits per heavy atom. The summed E-state index contributed by atoms with van der Waals surface area (Å²) in [6.45, 7) is 4.51. The molecule has 0 amide bonds. The number of fused-ring (bicyclic) bond motifs is 2. The van der Waals surface area contributed by atoms with E-state index < -0.39 is 0 Å². The number of carbonyl (C=O) groups is 1. The fraction of sp³-hybridized carbons (Fsp3) is 0.615. The second kappa shape index (κ2) is 2.75. The Bertz CT molecular complexity index is 418. The van der Waals surface area contributed by atoms with Gasteiger partial charge in [0, 0.05) is 12.3 Å². The Morgan fingerprint density at radius 3 is 3.07 bits per heavy atom. The summed E-state index contributed by atoms with van der Waals surface area (Å²) in [6.07, 6.45) is 4.82. The largest absolute Gasteiger partial charge is 0.469 e. The second-order valence-corrected chi connectivity index (χ2v) is 5.34. The van der Waals surface area contributed by atoms with Gasteiger partial charge in [-0.2, -0.15) is 0 Å². The zero-order chi connectivity index (χ0) is 10.6. The van der Waals surface area contributed by atoms with Gasteiger partial charge in [0.2, 0.25) is 0 Å². The predicted molar refractivity (Wildman–Crippen MR) is 56.7 cm³/mol. The lowest BCUT2D eigenvalue weighted by molar-refractivity contribution is 0.0715. The molecule has 1 saturated carbocycles. The molecule has 1 aromatic rings. The number of ketones is 1. The molecule has 2 nitrogen and oxygen atoms in total. The number of furan rings is 1. The van der Waals surface area contributed by atoms with Crippen LogP contribution in [-0.2, 0) is 6.42 Å². The molecular weight excluding hydrogens is 188 g/mol. The maximum atomic E-state index is 12.3. The van der Waals surface area contributed by atoms with Gasteiger partial charge in [-0.05, 0) is 30.2 Å². The fourth-order valence-electron chi connectivity index (χ4n) is 3.38. The minimum absolute atomic E-state index is 0.141. The molecule has 0 aliphatic heterocycles. The first-order chi connectivity index (χ1) is 7.13. The smallest absolute Gasteiger partial charge is 0.170 e. The summed E-state index contributed by atoms with van der Waals surface area (Å²) in [6, 6.07) is 1.83. The highest BCUT2D eigenvalue weighted by atomic mass is 16.3. The van der Waals surface area contributed by atoms with E-state index in [9.17, 15) is 4.79 Å². The van der Waals surface area contributed by atoms with E-state index in [1.54, 1.807) is 6.26 Å². The van der Waals surface area contributed by atoms with Crippen LogP contribution < -0.4 is 0 Å². The summed E-state index contributed by atoms with van der Waals surface area (Å²) in [7, 11) is 0. The van der Waals surface area contributed by atoms with Gasteiger partial charge in [0.05, 0.1) is 11.8 Å². The van der Waals surface area contributed by atoms with Crippen LogP contribution in [-0.4, -0.2) is 5.78 Å². The molecule has 1 aromatic heterocycles. The predicted octanol–water partition coefficient (Wildman–Crippen LogP) is 3.07. The minimum atomic E-state index is 0.141. The zero-order valence-corrected chi connectivity index (χ0v) is 9.25. The van der Waals surface area contributed by atoms with Crippen molar-refractivity contribution in [3.8, 4) is 0 Å². The average Bonchev–Trinajstić information content (AvgIpc) is 2.74. The summed E-state index contributed by atoms with van der Waals surface area (Å²) in [5, 5.41) is 0. The van der Waals surface area contributed by atoms with Gasteiger partial charge in [-0.3, -0.25) is 4.79 Å². The van der Waals surface area contributed by atoms with Crippen molar-refractivity contribution in [3.63, 3.8) is 0 Å². The van der Waals surface area contributed by atoms with E-state index in [0.717, 1.165) is 24.2 Å². The van der Waals surface area contributed by atoms with Crippen LogP contribution in [0.15, 0.2) is 16.7 Å². The number of rotatable bonds is 0. The van der Waals surface area contributed by atoms with Crippen LogP contribution in [0.5, 0.6) is 0 Å². The minimum Gasteiger partial charge on any atom is -0.469 e. The van der Waals surface area contributed by atoms with Crippen LogP contribution in [0.25, 0.3) is 0 Å². The molecule has 0 unspecified atom stereocenters. The van der Waals surface area contributed by atoms with Crippen LogP contribution in [0.2, 0.25) is 0 Å². The molecule has 80 valence electrons. The molecule has 2 aliphatic rings. The Labute approximate surface area is 89.7 Å². The highest BCUT2D eigenvalue weighted by molar-refractivity contribution is 6.00. The molecule has 2 aliphatic carbocycles. The molecule has 0 aromatic carbocycles. The monoisotopic (exact) mass is 204 g/mol. The van der Waals surface area contributed by atoms with Gasteiger partial charge >= 0.3 is 0 Å². The lowest BCUT2D eigenvalue weighted by atomic mass is 9.65. The lowest BCUT2D eigenvalue weighted by Crippen LogP contribution is -2.38. The molecule has 0 saturated heterocycles. The molecule has 3 rings (SSSR count). The van der Waals surface area contributed by atoms with Crippen LogP contribution in [0.1, 0.15) is 42.8 Å². The highest BCUT2D eigenvalue weighted by Gasteiger charge is 2.52. The van der Waals surface area contributed by atoms with Crippen molar-refractivity contribution in [1.82, 2.24) is 0 Å². The molecule has 0 spiro atoms. The first-order valence-electron chi connectivity index (χ1n) is 5.73. The van der Waals surface area contributed by atoms with Gasteiger partial charge in [-0.1, -0.05) is 13.8 Å². The number of carbonyl (C=O) groups excluding carboxylic acids is 1. The molecule has 0 N–H and O–H groups in total. The highest BCUT2D eigenvalue weighted by Crippen LogP contribution is 2.53. The van der Waals surface area contributed by atoms with Gasteiger partial charge in [-0.15, -0.1) is 0 Å². The van der Waals surface area contributed by atoms with Crippen LogP contribution >= 0.6 is 0 Å². The van der Waals surface area contributed by atoms with E-state index in [2.05, 4.69) is 13.8 Å². The molecule has 0 radical (unpaired) electrons. The van der Waals surface area contributed by atoms with Crippen molar-refractivity contribution >= 4 is 5.78 Å². The third-order valence-electron chi connectivity index (χ3n) is 4.68. The van der Waals surface area contributed by atoms with E-state index in [0.29, 0.717) is 11.7 Å². The Kier molecular flexibility index (Phi) is 1.68.